The van der Waals surface area contributed by atoms with Crippen LogP contribution in [0.15, 0.2) is 34.8 Å². The van der Waals surface area contributed by atoms with Crippen molar-refractivity contribution in [3.05, 3.63) is 35.4 Å². The average Bonchev–Trinajstić information content (AvgIpc) is 3.08. The van der Waals surface area contributed by atoms with Gasteiger partial charge in [0.2, 0.25) is 0 Å². The molecule has 0 aromatic heterocycles. The van der Waals surface area contributed by atoms with Gasteiger partial charge in [-0.2, -0.15) is 0 Å². The van der Waals surface area contributed by atoms with Crippen molar-refractivity contribution < 1.29 is 19.4 Å². The van der Waals surface area contributed by atoms with Gasteiger partial charge in [-0.3, -0.25) is 14.7 Å². The van der Waals surface area contributed by atoms with Gasteiger partial charge in [0.25, 0.3) is 0 Å². The number of carbonyl (C=O) groups is 1. The van der Waals surface area contributed by atoms with Crippen LogP contribution in [-0.2, 0) is 14.9 Å². The van der Waals surface area contributed by atoms with Crippen LogP contribution in [0.2, 0.25) is 0 Å². The molecule has 2 saturated heterocycles. The van der Waals surface area contributed by atoms with E-state index in [2.05, 4.69) is 11.0 Å². The topological polar surface area (TPSA) is 71.4 Å². The molecule has 1 aromatic rings. The lowest BCUT2D eigenvalue weighted by molar-refractivity contribution is -0.170. The first-order valence-electron chi connectivity index (χ1n) is 9.93. The summed E-state index contributed by atoms with van der Waals surface area (Å²) in [5, 5.41) is 10.9. The van der Waals surface area contributed by atoms with Gasteiger partial charge in [0.15, 0.2) is 0 Å². The Morgan fingerprint density at radius 2 is 2.25 bits per heavy atom. The van der Waals surface area contributed by atoms with Crippen molar-refractivity contribution in [3.63, 3.8) is 0 Å². The Labute approximate surface area is 164 Å². The van der Waals surface area contributed by atoms with E-state index < -0.39 is 10.8 Å². The average molecular weight is 382 g/mol. The largest absolute Gasteiger partial charge is 0.497 e. The molecule has 1 N–H and O–H groups in total. The van der Waals surface area contributed by atoms with Crippen molar-refractivity contribution in [2.45, 2.75) is 31.2 Å². The van der Waals surface area contributed by atoms with Crippen LogP contribution < -0.4 is 4.74 Å². The van der Waals surface area contributed by atoms with Crippen LogP contribution in [0.25, 0.3) is 0 Å². The van der Waals surface area contributed by atoms with E-state index >= 15 is 0 Å². The summed E-state index contributed by atoms with van der Waals surface area (Å²) >= 11 is 0. The SMILES string of the molecule is C/C=C1/CN2CC[C@]34C(=Nc5ccc(OC)cc53)[C@H]2C[C@@H]1[C@@]4(CO)C(=O)OC. The van der Waals surface area contributed by atoms with Crippen molar-refractivity contribution in [1.82, 2.24) is 4.90 Å². The minimum Gasteiger partial charge on any atom is -0.497 e. The molecule has 1 aromatic carbocycles. The summed E-state index contributed by atoms with van der Waals surface area (Å²) in [4.78, 5) is 21.0. The number of aliphatic hydroxyl groups excluding tert-OH is 1. The van der Waals surface area contributed by atoms with Gasteiger partial charge in [-0.1, -0.05) is 11.6 Å². The summed E-state index contributed by atoms with van der Waals surface area (Å²) in [7, 11) is 3.07. The number of fused-ring (bicyclic) bond motifs is 2. The van der Waals surface area contributed by atoms with Crippen LogP contribution in [0.1, 0.15) is 25.3 Å². The zero-order chi connectivity index (χ0) is 19.7. The quantitative estimate of drug-likeness (QED) is 0.641. The van der Waals surface area contributed by atoms with Crippen LogP contribution in [0.4, 0.5) is 5.69 Å². The van der Waals surface area contributed by atoms with Crippen LogP contribution >= 0.6 is 0 Å². The lowest BCUT2D eigenvalue weighted by Gasteiger charge is -2.64. The van der Waals surface area contributed by atoms with Crippen LogP contribution in [0.5, 0.6) is 5.75 Å². The Morgan fingerprint density at radius 3 is 2.93 bits per heavy atom. The Hall–Kier alpha value is -2.18. The number of esters is 1. The van der Waals surface area contributed by atoms with Gasteiger partial charge >= 0.3 is 5.97 Å². The maximum Gasteiger partial charge on any atom is 0.316 e. The highest BCUT2D eigenvalue weighted by Gasteiger charge is 2.73. The van der Waals surface area contributed by atoms with Gasteiger partial charge in [-0.05, 0) is 43.5 Å². The number of ether oxygens (including phenoxy) is 2. The Morgan fingerprint density at radius 1 is 1.43 bits per heavy atom. The summed E-state index contributed by atoms with van der Waals surface area (Å²) in [6.07, 6.45) is 3.65. The number of nitrogens with zero attached hydrogens (tertiary/aromatic N) is 2. The zero-order valence-electron chi connectivity index (χ0n) is 16.6. The van der Waals surface area contributed by atoms with Gasteiger partial charge in [0.05, 0.1) is 38.0 Å². The van der Waals surface area contributed by atoms with Crippen molar-refractivity contribution in [1.29, 1.82) is 0 Å². The molecule has 6 heteroatoms. The maximum absolute atomic E-state index is 13.5. The number of methoxy groups -OCH3 is 2. The summed E-state index contributed by atoms with van der Waals surface area (Å²) < 4.78 is 10.9. The first-order valence-corrected chi connectivity index (χ1v) is 9.93. The first kappa shape index (κ1) is 17.9. The summed E-state index contributed by atoms with van der Waals surface area (Å²) in [5.74, 6) is 0.342. The van der Waals surface area contributed by atoms with Gasteiger partial charge in [0, 0.05) is 24.7 Å². The lowest BCUT2D eigenvalue weighted by atomic mass is 9.43. The fraction of sp³-hybridized carbons (Fsp3) is 0.545. The molecule has 1 saturated carbocycles. The molecule has 3 fully saturated rings. The van der Waals surface area contributed by atoms with E-state index in [4.69, 9.17) is 14.5 Å². The Kier molecular flexibility index (Phi) is 3.77. The van der Waals surface area contributed by atoms with Crippen LogP contribution in [0.3, 0.4) is 0 Å². The molecule has 0 unspecified atom stereocenters. The first-order chi connectivity index (χ1) is 13.6. The molecule has 3 aliphatic heterocycles. The molecule has 1 aliphatic carbocycles. The molecule has 3 bridgehead atoms. The lowest BCUT2D eigenvalue weighted by Crippen LogP contribution is -2.74. The van der Waals surface area contributed by atoms with E-state index in [1.54, 1.807) is 7.11 Å². The number of rotatable bonds is 3. The normalized spacial score (nSPS) is 36.7. The minimum absolute atomic E-state index is 0.0624. The number of piperidine rings is 2. The molecular weight excluding hydrogens is 356 g/mol. The van der Waals surface area contributed by atoms with E-state index in [9.17, 15) is 9.90 Å². The fourth-order valence-electron chi connectivity index (χ4n) is 6.48. The molecule has 6 nitrogen and oxygen atoms in total. The second kappa shape index (κ2) is 5.91. The van der Waals surface area contributed by atoms with Crippen molar-refractivity contribution in [2.75, 3.05) is 33.9 Å². The second-order valence-electron chi connectivity index (χ2n) is 8.29. The molecule has 0 spiro atoms. The molecule has 0 amide bonds. The second-order valence-corrected chi connectivity index (χ2v) is 8.29. The monoisotopic (exact) mass is 382 g/mol. The Balaban J connectivity index is 1.85. The Bertz CT molecular complexity index is 923. The maximum atomic E-state index is 13.5. The van der Waals surface area contributed by atoms with Crippen molar-refractivity contribution >= 4 is 17.4 Å². The predicted octanol–water partition coefficient (Wildman–Crippen LogP) is 2.22. The van der Waals surface area contributed by atoms with E-state index in [0.29, 0.717) is 0 Å². The third-order valence-corrected chi connectivity index (χ3v) is 7.69. The van der Waals surface area contributed by atoms with Gasteiger partial charge in [-0.15, -0.1) is 0 Å². The minimum atomic E-state index is -1.07. The summed E-state index contributed by atoms with van der Waals surface area (Å²) in [6.45, 7) is 3.45. The molecule has 4 aliphatic rings. The number of allylic oxidation sites excluding steroid dienone is 1. The predicted molar refractivity (Wildman–Crippen MR) is 105 cm³/mol. The summed E-state index contributed by atoms with van der Waals surface area (Å²) in [6, 6.07) is 6.08. The molecule has 4 atom stereocenters. The van der Waals surface area contributed by atoms with Gasteiger partial charge < -0.3 is 14.6 Å². The van der Waals surface area contributed by atoms with E-state index in [1.165, 1.54) is 12.7 Å². The van der Waals surface area contributed by atoms with E-state index in [0.717, 1.165) is 48.6 Å². The number of benzene rings is 1. The van der Waals surface area contributed by atoms with Gasteiger partial charge in [0.1, 0.15) is 11.2 Å². The van der Waals surface area contributed by atoms with Crippen LogP contribution in [-0.4, -0.2) is 61.6 Å². The fourth-order valence-corrected chi connectivity index (χ4v) is 6.48. The molecule has 0 radical (unpaired) electrons. The van der Waals surface area contributed by atoms with E-state index in [1.807, 2.05) is 25.1 Å². The summed E-state index contributed by atoms with van der Waals surface area (Å²) in [5.41, 5.74) is 2.39. The van der Waals surface area contributed by atoms with Crippen molar-refractivity contribution in [2.24, 2.45) is 16.3 Å². The van der Waals surface area contributed by atoms with Gasteiger partial charge in [-0.25, -0.2) is 0 Å². The molecule has 5 rings (SSSR count). The van der Waals surface area contributed by atoms with Crippen molar-refractivity contribution in [3.8, 4) is 5.75 Å². The van der Waals surface area contributed by atoms with Crippen LogP contribution in [0, 0.1) is 11.3 Å². The standard InChI is InChI=1S/C22H26N2O4/c1-4-13-11-24-8-7-21-16-9-14(27-2)5-6-17(16)23-19(21)18(24)10-15(13)22(21,12-25)20(26)28-3/h4-6,9,15,18,25H,7-8,10-12H2,1-3H3/b13-4-/t15-,18+,21+,22-/m0/s1. The number of aliphatic imine (C=N–C) groups is 1. The molecular formula is C22H26N2O4. The highest BCUT2D eigenvalue weighted by atomic mass is 16.5. The third-order valence-electron chi connectivity index (χ3n) is 7.69. The number of carbonyl (C=O) groups excluding carboxylic acids is 1. The number of aliphatic hydroxyl groups is 1. The smallest absolute Gasteiger partial charge is 0.316 e. The highest BCUT2D eigenvalue weighted by molar-refractivity contribution is 6.11. The zero-order valence-corrected chi connectivity index (χ0v) is 16.6. The molecule has 3 heterocycles. The van der Waals surface area contributed by atoms with E-state index in [-0.39, 0.29) is 24.5 Å². The molecule has 148 valence electrons. The number of hydrogen-bond donors (Lipinski definition) is 1. The number of hydrogen-bond acceptors (Lipinski definition) is 6. The highest BCUT2D eigenvalue weighted by Crippen LogP contribution is 2.66. The third kappa shape index (κ3) is 1.81. The molecule has 28 heavy (non-hydrogen) atoms.